The van der Waals surface area contributed by atoms with E-state index in [0.717, 1.165) is 36.5 Å². The third-order valence-electron chi connectivity index (χ3n) is 4.92. The predicted molar refractivity (Wildman–Crippen MR) is 106 cm³/mol. The Morgan fingerprint density at radius 3 is 2.81 bits per heavy atom. The number of ketones is 1. The number of Topliss-reactive ketones (excluding diaryl/α,β-unsaturated/α-hetero) is 1. The summed E-state index contributed by atoms with van der Waals surface area (Å²) in [6.07, 6.45) is 4.05. The van der Waals surface area contributed by atoms with E-state index >= 15 is 0 Å². The van der Waals surface area contributed by atoms with Crippen LogP contribution in [0, 0.1) is 0 Å². The van der Waals surface area contributed by atoms with Gasteiger partial charge in [-0.05, 0) is 36.8 Å². The number of halogens is 2. The van der Waals surface area contributed by atoms with E-state index in [9.17, 15) is 4.79 Å². The van der Waals surface area contributed by atoms with Gasteiger partial charge in [-0.2, -0.15) is 0 Å². The number of nitrogens with zero attached hydrogens (tertiary/aromatic N) is 2. The number of methoxy groups -OCH3 is 1. The maximum atomic E-state index is 12.8. The summed E-state index contributed by atoms with van der Waals surface area (Å²) in [5.74, 6) is 1.90. The Balaban J connectivity index is 1.68. The molecule has 0 amide bonds. The van der Waals surface area contributed by atoms with E-state index in [-0.39, 0.29) is 5.78 Å². The lowest BCUT2D eigenvalue weighted by Crippen LogP contribution is -2.40. The molecule has 138 valence electrons. The van der Waals surface area contributed by atoms with Crippen molar-refractivity contribution in [2.24, 2.45) is 0 Å². The number of benzene rings is 2. The van der Waals surface area contributed by atoms with E-state index < -0.39 is 0 Å². The molecule has 27 heavy (non-hydrogen) atoms. The summed E-state index contributed by atoms with van der Waals surface area (Å²) in [5.41, 5.74) is 2.70. The van der Waals surface area contributed by atoms with Crippen LogP contribution in [0.4, 0.5) is 0 Å². The fourth-order valence-electron chi connectivity index (χ4n) is 3.57. The average Bonchev–Trinajstić information content (AvgIpc) is 3.28. The molecule has 0 saturated heterocycles. The maximum Gasteiger partial charge on any atom is 0.257 e. The van der Waals surface area contributed by atoms with Gasteiger partial charge in [0.2, 0.25) is 5.78 Å². The van der Waals surface area contributed by atoms with Gasteiger partial charge in [0.05, 0.1) is 30.1 Å². The second kappa shape index (κ2) is 7.37. The van der Waals surface area contributed by atoms with Crippen molar-refractivity contribution in [3.63, 3.8) is 0 Å². The van der Waals surface area contributed by atoms with Crippen molar-refractivity contribution >= 4 is 29.0 Å². The molecule has 6 heteroatoms. The molecule has 1 aliphatic rings. The number of imidazole rings is 1. The van der Waals surface area contributed by atoms with E-state index in [4.69, 9.17) is 27.9 Å². The first-order valence-electron chi connectivity index (χ1n) is 8.81. The molecule has 0 unspecified atom stereocenters. The van der Waals surface area contributed by atoms with Gasteiger partial charge in [0.15, 0.2) is 12.2 Å². The molecule has 4 nitrogen and oxygen atoms in total. The molecule has 0 radical (unpaired) electrons. The summed E-state index contributed by atoms with van der Waals surface area (Å²) in [5, 5.41) is 1.07. The van der Waals surface area contributed by atoms with Gasteiger partial charge in [-0.1, -0.05) is 35.3 Å². The van der Waals surface area contributed by atoms with Crippen molar-refractivity contribution in [1.82, 2.24) is 4.57 Å². The van der Waals surface area contributed by atoms with Gasteiger partial charge in [0, 0.05) is 11.1 Å². The highest BCUT2D eigenvalue weighted by Gasteiger charge is 2.30. The largest absolute Gasteiger partial charge is 0.497 e. The second-order valence-electron chi connectivity index (χ2n) is 6.60. The lowest BCUT2D eigenvalue weighted by Gasteiger charge is -2.03. The molecule has 0 saturated carbocycles. The van der Waals surface area contributed by atoms with Gasteiger partial charge in [0.1, 0.15) is 11.9 Å². The van der Waals surface area contributed by atoms with Crippen LogP contribution >= 0.6 is 23.2 Å². The summed E-state index contributed by atoms with van der Waals surface area (Å²) < 4.78 is 9.54. The summed E-state index contributed by atoms with van der Waals surface area (Å²) >= 11 is 12.3. The van der Waals surface area contributed by atoms with Crippen molar-refractivity contribution in [2.75, 3.05) is 7.11 Å². The molecule has 1 aliphatic heterocycles. The number of hydrogen-bond acceptors (Lipinski definition) is 2. The highest BCUT2D eigenvalue weighted by molar-refractivity contribution is 6.42. The number of rotatable bonds is 5. The average molecular weight is 402 g/mol. The van der Waals surface area contributed by atoms with Gasteiger partial charge in [0.25, 0.3) is 5.82 Å². The van der Waals surface area contributed by atoms with Crippen LogP contribution in [0.15, 0.2) is 48.7 Å². The molecule has 0 N–H and O–H groups in total. The molecule has 4 rings (SSSR count). The minimum Gasteiger partial charge on any atom is -0.497 e. The fraction of sp³-hybridized carbons (Fsp3) is 0.238. The van der Waals surface area contributed by atoms with E-state index in [1.807, 2.05) is 41.1 Å². The number of aromatic nitrogens is 2. The van der Waals surface area contributed by atoms with Gasteiger partial charge in [-0.15, -0.1) is 0 Å². The Kier molecular flexibility index (Phi) is 4.94. The molecule has 2 heterocycles. The van der Waals surface area contributed by atoms with Crippen LogP contribution in [-0.4, -0.2) is 17.5 Å². The van der Waals surface area contributed by atoms with E-state index in [2.05, 4.69) is 4.57 Å². The molecule has 3 aromatic rings. The number of carbonyl (C=O) groups excluding carboxylic acids is 1. The first kappa shape index (κ1) is 18.1. The number of carbonyl (C=O) groups is 1. The lowest BCUT2D eigenvalue weighted by molar-refractivity contribution is -0.689. The predicted octanol–water partition coefficient (Wildman–Crippen LogP) is 4.59. The fourth-order valence-corrected chi connectivity index (χ4v) is 3.87. The number of fused-ring (bicyclic) bond motifs is 1. The molecule has 0 bridgehead atoms. The Labute approximate surface area is 167 Å². The van der Waals surface area contributed by atoms with Gasteiger partial charge in [-0.3, -0.25) is 4.79 Å². The summed E-state index contributed by atoms with van der Waals surface area (Å²) in [4.78, 5) is 12.8. The zero-order valence-corrected chi connectivity index (χ0v) is 16.4. The zero-order chi connectivity index (χ0) is 19.0. The third-order valence-corrected chi connectivity index (χ3v) is 5.65. The normalized spacial score (nSPS) is 12.9. The topological polar surface area (TPSA) is 35.1 Å². The summed E-state index contributed by atoms with van der Waals surface area (Å²) in [6.45, 7) is 1.23. The molecule has 0 atom stereocenters. The van der Waals surface area contributed by atoms with Crippen LogP contribution in [0.2, 0.25) is 10.0 Å². The highest BCUT2D eigenvalue weighted by Crippen LogP contribution is 2.30. The molecular formula is C21H19Cl2N2O2+. The van der Waals surface area contributed by atoms with Crippen LogP contribution < -0.4 is 9.30 Å². The second-order valence-corrected chi connectivity index (χ2v) is 7.41. The smallest absolute Gasteiger partial charge is 0.257 e. The maximum absolute atomic E-state index is 12.8. The van der Waals surface area contributed by atoms with E-state index in [1.165, 1.54) is 0 Å². The van der Waals surface area contributed by atoms with Gasteiger partial charge < -0.3 is 4.74 Å². The lowest BCUT2D eigenvalue weighted by atomic mass is 10.1. The van der Waals surface area contributed by atoms with Crippen molar-refractivity contribution < 1.29 is 14.1 Å². The molecule has 0 fully saturated rings. The minimum atomic E-state index is 0.0555. The minimum absolute atomic E-state index is 0.0555. The molecule has 0 spiro atoms. The number of hydrogen-bond donors (Lipinski definition) is 0. The van der Waals surface area contributed by atoms with Crippen LogP contribution in [-0.2, 0) is 19.5 Å². The summed E-state index contributed by atoms with van der Waals surface area (Å²) in [6, 6.07) is 12.9. The van der Waals surface area contributed by atoms with Gasteiger partial charge >= 0.3 is 0 Å². The van der Waals surface area contributed by atoms with Crippen LogP contribution in [0.3, 0.4) is 0 Å². The SMILES string of the molecule is COc1cccc(C(=O)C[n+]2cc(-c3ccc(Cl)c(Cl)c3)n3c2CCC3)c1. The monoisotopic (exact) mass is 401 g/mol. The van der Waals surface area contributed by atoms with Crippen LogP contribution in [0.5, 0.6) is 5.75 Å². The molecular weight excluding hydrogens is 383 g/mol. The van der Waals surface area contributed by atoms with Crippen molar-refractivity contribution in [1.29, 1.82) is 0 Å². The Hall–Kier alpha value is -2.30. The van der Waals surface area contributed by atoms with Crippen LogP contribution in [0.1, 0.15) is 22.6 Å². The first-order chi connectivity index (χ1) is 13.1. The zero-order valence-electron chi connectivity index (χ0n) is 14.9. The standard InChI is InChI=1S/C21H19Cl2N2O2/c1-27-16-5-2-4-15(10-16)20(26)13-24-12-19(25-9-3-6-21(24)25)14-7-8-17(22)18(23)11-14/h2,4-5,7-8,10-12H,3,6,9,13H2,1H3/q+1. The van der Waals surface area contributed by atoms with E-state index in [0.29, 0.717) is 27.9 Å². The van der Waals surface area contributed by atoms with Crippen molar-refractivity contribution in [3.8, 4) is 17.0 Å². The number of ether oxygens (including phenoxy) is 1. The Morgan fingerprint density at radius 2 is 2.04 bits per heavy atom. The van der Waals surface area contributed by atoms with E-state index in [1.54, 1.807) is 19.2 Å². The third kappa shape index (κ3) is 3.47. The quantitative estimate of drug-likeness (QED) is 0.462. The summed E-state index contributed by atoms with van der Waals surface area (Å²) in [7, 11) is 1.60. The van der Waals surface area contributed by atoms with Crippen molar-refractivity contribution in [3.05, 3.63) is 70.1 Å². The van der Waals surface area contributed by atoms with Crippen LogP contribution in [0.25, 0.3) is 11.3 Å². The Morgan fingerprint density at radius 1 is 1.19 bits per heavy atom. The highest BCUT2D eigenvalue weighted by atomic mass is 35.5. The first-order valence-corrected chi connectivity index (χ1v) is 9.57. The van der Waals surface area contributed by atoms with Gasteiger partial charge in [-0.25, -0.2) is 9.13 Å². The molecule has 0 aliphatic carbocycles. The Bertz CT molecular complexity index is 1030. The molecule has 1 aromatic heterocycles. The molecule has 2 aromatic carbocycles. The van der Waals surface area contributed by atoms with Crippen molar-refractivity contribution in [2.45, 2.75) is 25.9 Å².